The van der Waals surface area contributed by atoms with Gasteiger partial charge in [0.1, 0.15) is 23.3 Å². The molecule has 3 aromatic rings. The average Bonchev–Trinajstić information content (AvgIpc) is 3.03. The largest absolute Gasteiger partial charge is 0.416 e. The second kappa shape index (κ2) is 7.46. The molecule has 0 aliphatic rings. The van der Waals surface area contributed by atoms with Crippen molar-refractivity contribution in [3.8, 4) is 11.8 Å². The smallest absolute Gasteiger partial charge is 0.305 e. The molecule has 0 saturated heterocycles. The molecular formula is C16H7Cl2F3N6O. The van der Waals surface area contributed by atoms with Gasteiger partial charge in [-0.25, -0.2) is 9.67 Å². The summed E-state index contributed by atoms with van der Waals surface area (Å²) in [6, 6.07) is 4.32. The highest BCUT2D eigenvalue weighted by Gasteiger charge is 2.32. The van der Waals surface area contributed by atoms with Gasteiger partial charge in [0.2, 0.25) is 0 Å². The number of anilines is 1. The zero-order valence-corrected chi connectivity index (χ0v) is 15.0. The number of alkyl halides is 3. The van der Waals surface area contributed by atoms with Gasteiger partial charge in [-0.2, -0.15) is 23.5 Å². The van der Waals surface area contributed by atoms with Crippen LogP contribution in [0.15, 0.2) is 36.8 Å². The lowest BCUT2D eigenvalue weighted by atomic mass is 10.2. The number of hydrogen-bond donors (Lipinski definition) is 1. The van der Waals surface area contributed by atoms with Crippen molar-refractivity contribution in [2.45, 2.75) is 6.18 Å². The predicted octanol–water partition coefficient (Wildman–Crippen LogP) is 4.11. The first kappa shape index (κ1) is 19.6. The van der Waals surface area contributed by atoms with Gasteiger partial charge in [-0.1, -0.05) is 23.2 Å². The minimum Gasteiger partial charge on any atom is -0.305 e. The Morgan fingerprint density at radius 3 is 2.39 bits per heavy atom. The van der Waals surface area contributed by atoms with Gasteiger partial charge in [-0.3, -0.25) is 9.78 Å². The van der Waals surface area contributed by atoms with Crippen LogP contribution in [-0.2, 0) is 6.18 Å². The zero-order valence-electron chi connectivity index (χ0n) is 13.5. The molecule has 142 valence electrons. The van der Waals surface area contributed by atoms with E-state index in [4.69, 9.17) is 28.5 Å². The number of amides is 1. The van der Waals surface area contributed by atoms with Gasteiger partial charge in [0.25, 0.3) is 5.91 Å². The first-order valence-corrected chi connectivity index (χ1v) is 8.10. The normalized spacial score (nSPS) is 11.1. The summed E-state index contributed by atoms with van der Waals surface area (Å²) in [6.07, 6.45) is -0.775. The third-order valence-electron chi connectivity index (χ3n) is 3.42. The lowest BCUT2D eigenvalue weighted by Crippen LogP contribution is -2.17. The van der Waals surface area contributed by atoms with Crippen LogP contribution in [0.2, 0.25) is 10.0 Å². The summed E-state index contributed by atoms with van der Waals surface area (Å²) in [5.41, 5.74) is -1.34. The molecule has 3 rings (SSSR count). The third kappa shape index (κ3) is 3.90. The van der Waals surface area contributed by atoms with Crippen LogP contribution in [0, 0.1) is 11.3 Å². The Morgan fingerprint density at radius 1 is 1.18 bits per heavy atom. The second-order valence-corrected chi connectivity index (χ2v) is 6.08. The number of rotatable bonds is 3. The van der Waals surface area contributed by atoms with E-state index in [0.717, 1.165) is 4.68 Å². The van der Waals surface area contributed by atoms with Crippen molar-refractivity contribution in [3.05, 3.63) is 63.8 Å². The number of aromatic nitrogens is 4. The van der Waals surface area contributed by atoms with Gasteiger partial charge in [0.15, 0.2) is 5.69 Å². The number of nitriles is 1. The van der Waals surface area contributed by atoms with Gasteiger partial charge in [-0.05, 0) is 12.1 Å². The van der Waals surface area contributed by atoms with Crippen LogP contribution in [0.5, 0.6) is 0 Å². The first-order valence-electron chi connectivity index (χ1n) is 7.35. The molecule has 1 amide bonds. The van der Waals surface area contributed by atoms with E-state index in [2.05, 4.69) is 20.4 Å². The predicted molar refractivity (Wildman–Crippen MR) is 93.3 cm³/mol. The fourth-order valence-electron chi connectivity index (χ4n) is 2.22. The minimum absolute atomic E-state index is 0.0293. The zero-order chi connectivity index (χ0) is 20.5. The Hall–Kier alpha value is -3.16. The molecule has 0 radical (unpaired) electrons. The fourth-order valence-corrected chi connectivity index (χ4v) is 2.87. The Morgan fingerprint density at radius 2 is 1.86 bits per heavy atom. The molecule has 0 fully saturated rings. The first-order chi connectivity index (χ1) is 13.2. The van der Waals surface area contributed by atoms with E-state index in [1.807, 2.05) is 0 Å². The second-order valence-electron chi connectivity index (χ2n) is 5.27. The molecule has 28 heavy (non-hydrogen) atoms. The fraction of sp³-hybridized carbons (Fsp3) is 0.0625. The highest BCUT2D eigenvalue weighted by molar-refractivity contribution is 6.38. The summed E-state index contributed by atoms with van der Waals surface area (Å²) >= 11 is 12.0. The summed E-state index contributed by atoms with van der Waals surface area (Å²) in [5, 5.41) is 14.7. The quantitative estimate of drug-likeness (QED) is 0.679. The molecule has 0 aliphatic heterocycles. The van der Waals surface area contributed by atoms with E-state index in [1.165, 1.54) is 24.7 Å². The monoisotopic (exact) mass is 426 g/mol. The van der Waals surface area contributed by atoms with Crippen molar-refractivity contribution in [2.24, 2.45) is 0 Å². The number of carbonyl (C=O) groups is 1. The molecular weight excluding hydrogens is 420 g/mol. The van der Waals surface area contributed by atoms with E-state index in [-0.39, 0.29) is 32.9 Å². The SMILES string of the molecule is N#Cc1cc(NC(=O)c2cnccn2)n(-c2c(Cl)cc(C(F)(F)F)cc2Cl)n1. The van der Waals surface area contributed by atoms with E-state index >= 15 is 0 Å². The van der Waals surface area contributed by atoms with Gasteiger partial charge >= 0.3 is 6.18 Å². The Bertz CT molecular complexity index is 1070. The molecule has 0 unspecified atom stereocenters. The van der Waals surface area contributed by atoms with Crippen molar-refractivity contribution in [1.29, 1.82) is 5.26 Å². The van der Waals surface area contributed by atoms with Crippen LogP contribution in [0.1, 0.15) is 21.7 Å². The van der Waals surface area contributed by atoms with Crippen molar-refractivity contribution < 1.29 is 18.0 Å². The molecule has 2 aromatic heterocycles. The summed E-state index contributed by atoms with van der Waals surface area (Å²) in [6.45, 7) is 0. The highest BCUT2D eigenvalue weighted by atomic mass is 35.5. The molecule has 0 saturated carbocycles. The summed E-state index contributed by atoms with van der Waals surface area (Å²) in [7, 11) is 0. The molecule has 0 aliphatic carbocycles. The van der Waals surface area contributed by atoms with Crippen molar-refractivity contribution in [2.75, 3.05) is 5.32 Å². The van der Waals surface area contributed by atoms with Crippen LogP contribution in [0.25, 0.3) is 5.69 Å². The maximum absolute atomic E-state index is 12.9. The van der Waals surface area contributed by atoms with Crippen LogP contribution < -0.4 is 5.32 Å². The number of nitrogens with zero attached hydrogens (tertiary/aromatic N) is 5. The summed E-state index contributed by atoms with van der Waals surface area (Å²) in [4.78, 5) is 19.9. The average molecular weight is 427 g/mol. The van der Waals surface area contributed by atoms with E-state index in [9.17, 15) is 18.0 Å². The molecule has 2 heterocycles. The Balaban J connectivity index is 2.07. The molecule has 12 heteroatoms. The number of halogens is 5. The van der Waals surface area contributed by atoms with E-state index < -0.39 is 17.6 Å². The number of hydrogen-bond acceptors (Lipinski definition) is 5. The van der Waals surface area contributed by atoms with Crippen molar-refractivity contribution >= 4 is 34.9 Å². The Kier molecular flexibility index (Phi) is 5.22. The summed E-state index contributed by atoms with van der Waals surface area (Å²) in [5.74, 6) is -0.728. The third-order valence-corrected chi connectivity index (χ3v) is 3.99. The molecule has 7 nitrogen and oxygen atoms in total. The van der Waals surface area contributed by atoms with Gasteiger partial charge < -0.3 is 5.32 Å². The molecule has 0 atom stereocenters. The minimum atomic E-state index is -4.66. The lowest BCUT2D eigenvalue weighted by Gasteiger charge is -2.14. The van der Waals surface area contributed by atoms with Crippen molar-refractivity contribution in [1.82, 2.24) is 19.7 Å². The molecule has 0 bridgehead atoms. The number of benzene rings is 1. The molecule has 0 spiro atoms. The topological polar surface area (TPSA) is 96.5 Å². The van der Waals surface area contributed by atoms with Crippen LogP contribution in [0.3, 0.4) is 0 Å². The lowest BCUT2D eigenvalue weighted by molar-refractivity contribution is -0.137. The standard InChI is InChI=1S/C16H7Cl2F3N6O/c17-10-3-8(16(19,20)21)4-11(18)14(10)27-13(5-9(6-22)26-27)25-15(28)12-7-23-1-2-24-12/h1-5,7H,(H,25,28). The van der Waals surface area contributed by atoms with Gasteiger partial charge in [-0.15, -0.1) is 0 Å². The van der Waals surface area contributed by atoms with Gasteiger partial charge in [0.05, 0.1) is 21.8 Å². The highest BCUT2D eigenvalue weighted by Crippen LogP contribution is 2.38. The van der Waals surface area contributed by atoms with E-state index in [1.54, 1.807) is 6.07 Å². The summed E-state index contributed by atoms with van der Waals surface area (Å²) < 4.78 is 39.8. The number of nitrogens with one attached hydrogen (secondary N) is 1. The van der Waals surface area contributed by atoms with Crippen molar-refractivity contribution in [3.63, 3.8) is 0 Å². The van der Waals surface area contributed by atoms with Crippen LogP contribution in [-0.4, -0.2) is 25.7 Å². The number of carbonyl (C=O) groups excluding carboxylic acids is 1. The van der Waals surface area contributed by atoms with Crippen LogP contribution >= 0.6 is 23.2 Å². The van der Waals surface area contributed by atoms with Crippen LogP contribution in [0.4, 0.5) is 19.0 Å². The molecule has 1 aromatic carbocycles. The molecule has 1 N–H and O–H groups in total. The maximum Gasteiger partial charge on any atom is 0.416 e. The Labute approximate surface area is 165 Å². The maximum atomic E-state index is 12.9. The van der Waals surface area contributed by atoms with E-state index in [0.29, 0.717) is 12.1 Å². The van der Waals surface area contributed by atoms with Gasteiger partial charge in [0, 0.05) is 18.5 Å².